The molecule has 1 N–H and O–H groups in total. The number of nitrogens with one attached hydrogen (secondary N) is 1. The van der Waals surface area contributed by atoms with E-state index in [1.54, 1.807) is 42.5 Å². The van der Waals surface area contributed by atoms with Gasteiger partial charge < -0.3 is 15.0 Å². The van der Waals surface area contributed by atoms with Crippen LogP contribution in [0.15, 0.2) is 102 Å². The van der Waals surface area contributed by atoms with E-state index < -0.39 is 28.6 Å². The van der Waals surface area contributed by atoms with Crippen LogP contribution in [0.25, 0.3) is 0 Å². The molecule has 44 heavy (non-hydrogen) atoms. The second kappa shape index (κ2) is 14.0. The highest BCUT2D eigenvalue weighted by molar-refractivity contribution is 7.89. The highest BCUT2D eigenvalue weighted by atomic mass is 35.5. The molecule has 1 heterocycles. The Morgan fingerprint density at radius 1 is 0.864 bits per heavy atom. The van der Waals surface area contributed by atoms with Gasteiger partial charge in [0.1, 0.15) is 5.75 Å². The lowest BCUT2D eigenvalue weighted by Gasteiger charge is -2.35. The number of benzene rings is 4. The molecule has 2 amide bonds. The van der Waals surface area contributed by atoms with E-state index in [0.29, 0.717) is 40.0 Å². The molecule has 8 nitrogen and oxygen atoms in total. The number of carbonyl (C=O) groups is 2. The molecule has 1 atom stereocenters. The lowest BCUT2D eigenvalue weighted by Crippen LogP contribution is -2.53. The van der Waals surface area contributed by atoms with Crippen LogP contribution in [0, 0.1) is 0 Å². The predicted octanol–water partition coefficient (Wildman–Crippen LogP) is 5.99. The summed E-state index contributed by atoms with van der Waals surface area (Å²) >= 11 is 18.3. The number of ether oxygens (including phenoxy) is 1. The van der Waals surface area contributed by atoms with E-state index in [1.165, 1.54) is 29.2 Å². The Labute approximate surface area is 271 Å². The number of rotatable bonds is 10. The van der Waals surface area contributed by atoms with Crippen LogP contribution in [-0.4, -0.2) is 50.3 Å². The summed E-state index contributed by atoms with van der Waals surface area (Å²) in [5, 5.41) is 3.82. The van der Waals surface area contributed by atoms with Gasteiger partial charge in [0.05, 0.1) is 33.7 Å². The summed E-state index contributed by atoms with van der Waals surface area (Å²) in [5.41, 5.74) is 2.04. The number of hydrogen-bond acceptors (Lipinski definition) is 5. The van der Waals surface area contributed by atoms with Crippen LogP contribution in [0.4, 0.5) is 5.69 Å². The van der Waals surface area contributed by atoms with Gasteiger partial charge in [-0.05, 0) is 66.1 Å². The molecule has 0 bridgehead atoms. The van der Waals surface area contributed by atoms with Gasteiger partial charge >= 0.3 is 0 Å². The maximum absolute atomic E-state index is 13.9. The highest BCUT2D eigenvalue weighted by Gasteiger charge is 2.36. The molecule has 0 radical (unpaired) electrons. The number of para-hydroxylation sites is 2. The molecule has 4 aromatic carbocycles. The number of fused-ring (bicyclic) bond motifs is 1. The second-order valence-electron chi connectivity index (χ2n) is 10.1. The molecular formula is C32H28Cl3N3O5S. The normalized spacial score (nSPS) is 14.5. The summed E-state index contributed by atoms with van der Waals surface area (Å²) in [6.45, 7) is -0.408. The molecule has 0 fully saturated rings. The number of halogens is 3. The maximum Gasteiger partial charge on any atom is 0.262 e. The quantitative estimate of drug-likeness (QED) is 0.223. The number of nitrogens with zero attached hydrogens (tertiary/aromatic N) is 2. The average Bonchev–Trinajstić information content (AvgIpc) is 3.02. The smallest absolute Gasteiger partial charge is 0.262 e. The Balaban J connectivity index is 1.38. The van der Waals surface area contributed by atoms with Gasteiger partial charge in [0.25, 0.3) is 5.91 Å². The number of sulfonamides is 1. The van der Waals surface area contributed by atoms with E-state index in [2.05, 4.69) is 5.32 Å². The van der Waals surface area contributed by atoms with Crippen LogP contribution in [0.3, 0.4) is 0 Å². The fraction of sp³-hybridized carbons (Fsp3) is 0.188. The fourth-order valence-electron chi connectivity index (χ4n) is 4.75. The number of hydrogen-bond donors (Lipinski definition) is 1. The third-order valence-corrected chi connectivity index (χ3v) is 9.83. The first-order valence-electron chi connectivity index (χ1n) is 13.7. The average molecular weight is 673 g/mol. The third-order valence-electron chi connectivity index (χ3n) is 7.03. The van der Waals surface area contributed by atoms with Crippen molar-refractivity contribution in [1.29, 1.82) is 0 Å². The molecule has 0 unspecified atom stereocenters. The number of amides is 2. The van der Waals surface area contributed by atoms with Crippen LogP contribution in [0.5, 0.6) is 5.75 Å². The van der Waals surface area contributed by atoms with Crippen molar-refractivity contribution in [2.75, 3.05) is 24.5 Å². The van der Waals surface area contributed by atoms with Crippen molar-refractivity contribution in [3.05, 3.63) is 123 Å². The molecule has 0 saturated carbocycles. The molecule has 12 heteroatoms. The molecule has 228 valence electrons. The number of anilines is 1. The van der Waals surface area contributed by atoms with Gasteiger partial charge in [-0.25, -0.2) is 8.42 Å². The van der Waals surface area contributed by atoms with Crippen LogP contribution in [-0.2, 0) is 32.6 Å². The summed E-state index contributed by atoms with van der Waals surface area (Å²) in [5.74, 6) is -0.581. The molecule has 0 aromatic heterocycles. The molecule has 0 aliphatic carbocycles. The Morgan fingerprint density at radius 2 is 1.57 bits per heavy atom. The van der Waals surface area contributed by atoms with Gasteiger partial charge in [0.15, 0.2) is 6.10 Å². The first-order valence-corrected chi connectivity index (χ1v) is 16.3. The van der Waals surface area contributed by atoms with Crippen molar-refractivity contribution in [2.45, 2.75) is 24.0 Å². The van der Waals surface area contributed by atoms with Crippen molar-refractivity contribution >= 4 is 62.3 Å². The minimum absolute atomic E-state index is 0.0344. The van der Waals surface area contributed by atoms with Crippen molar-refractivity contribution in [3.8, 4) is 5.75 Å². The predicted molar refractivity (Wildman–Crippen MR) is 172 cm³/mol. The summed E-state index contributed by atoms with van der Waals surface area (Å²) < 4.78 is 34.7. The Bertz CT molecular complexity index is 1750. The molecule has 1 aliphatic heterocycles. The van der Waals surface area contributed by atoms with E-state index in [-0.39, 0.29) is 28.9 Å². The lowest BCUT2D eigenvalue weighted by molar-refractivity contribution is -0.128. The van der Waals surface area contributed by atoms with Crippen LogP contribution >= 0.6 is 34.8 Å². The van der Waals surface area contributed by atoms with Crippen molar-refractivity contribution in [1.82, 2.24) is 9.62 Å². The zero-order valence-electron chi connectivity index (χ0n) is 23.3. The lowest BCUT2D eigenvalue weighted by atomic mass is 10.1. The Hall–Kier alpha value is -3.60. The van der Waals surface area contributed by atoms with Crippen molar-refractivity contribution in [3.63, 3.8) is 0 Å². The van der Waals surface area contributed by atoms with E-state index in [0.717, 1.165) is 9.87 Å². The van der Waals surface area contributed by atoms with Crippen LogP contribution in [0.1, 0.15) is 11.1 Å². The largest absolute Gasteiger partial charge is 0.477 e. The molecule has 0 saturated heterocycles. The van der Waals surface area contributed by atoms with Gasteiger partial charge in [-0.2, -0.15) is 4.31 Å². The second-order valence-corrected chi connectivity index (χ2v) is 13.3. The van der Waals surface area contributed by atoms with Crippen molar-refractivity contribution < 1.29 is 22.7 Å². The van der Waals surface area contributed by atoms with Crippen LogP contribution in [0.2, 0.25) is 15.1 Å². The van der Waals surface area contributed by atoms with Crippen LogP contribution < -0.4 is 15.0 Å². The van der Waals surface area contributed by atoms with Gasteiger partial charge in [-0.15, -0.1) is 0 Å². The van der Waals surface area contributed by atoms with E-state index in [9.17, 15) is 18.0 Å². The summed E-state index contributed by atoms with van der Waals surface area (Å²) in [7, 11) is -4.18. The van der Waals surface area contributed by atoms with Gasteiger partial charge in [-0.1, -0.05) is 83.3 Å². The monoisotopic (exact) mass is 671 g/mol. The van der Waals surface area contributed by atoms with E-state index in [4.69, 9.17) is 39.5 Å². The van der Waals surface area contributed by atoms with Gasteiger partial charge in [-0.3, -0.25) is 9.59 Å². The molecule has 4 aromatic rings. The highest BCUT2D eigenvalue weighted by Crippen LogP contribution is 2.34. The van der Waals surface area contributed by atoms with Gasteiger partial charge in [0, 0.05) is 18.1 Å². The van der Waals surface area contributed by atoms with Crippen molar-refractivity contribution in [2.24, 2.45) is 0 Å². The zero-order chi connectivity index (χ0) is 31.3. The molecule has 5 rings (SSSR count). The van der Waals surface area contributed by atoms with Gasteiger partial charge in [0.2, 0.25) is 15.9 Å². The minimum Gasteiger partial charge on any atom is -0.477 e. The summed E-state index contributed by atoms with van der Waals surface area (Å²) in [6.07, 6.45) is -0.369. The Morgan fingerprint density at radius 3 is 2.30 bits per heavy atom. The van der Waals surface area contributed by atoms with E-state index >= 15 is 0 Å². The molecular weight excluding hydrogens is 645 g/mol. The topological polar surface area (TPSA) is 96.0 Å². The molecule has 0 spiro atoms. The Kier molecular flexibility index (Phi) is 10.1. The third kappa shape index (κ3) is 7.54. The molecule has 1 aliphatic rings. The maximum atomic E-state index is 13.9. The minimum atomic E-state index is -4.18. The van der Waals surface area contributed by atoms with E-state index in [1.807, 2.05) is 30.3 Å². The summed E-state index contributed by atoms with van der Waals surface area (Å²) in [6, 6.07) is 27.0. The first kappa shape index (κ1) is 31.8. The standard InChI is InChI=1S/C32H28Cl3N3O5S/c33-24-11-13-25(14-12-24)44(41,42)37(19-23-10-15-26(34)27(35)18-23)21-31(39)38-20-30(43-29-9-5-4-8-28(29)38)32(40)36-17-16-22-6-2-1-3-7-22/h1-15,18,30H,16-17,19-21H2,(H,36,40)/t30-/m1/s1. The summed E-state index contributed by atoms with van der Waals surface area (Å²) in [4.78, 5) is 28.4. The SMILES string of the molecule is O=C(NCCc1ccccc1)[C@H]1CN(C(=O)CN(Cc2ccc(Cl)c(Cl)c2)S(=O)(=O)c2ccc(Cl)cc2)c2ccccc2O1. The number of carbonyl (C=O) groups excluding carboxylic acids is 2. The zero-order valence-corrected chi connectivity index (χ0v) is 26.4. The first-order chi connectivity index (χ1) is 21.1. The fourth-order valence-corrected chi connectivity index (χ4v) is 6.58.